The lowest BCUT2D eigenvalue weighted by molar-refractivity contribution is 0.0956. The standard InChI is InChI=1S/C11H21N3O/c1-8-10(7-14(5)13-8)6-12-11(3,4)9(2)15/h7,9,12,15H,6H2,1-5H3. The van der Waals surface area contributed by atoms with E-state index in [4.69, 9.17) is 0 Å². The molecule has 0 saturated carbocycles. The summed E-state index contributed by atoms with van der Waals surface area (Å²) in [6.45, 7) is 8.50. The fourth-order valence-corrected chi connectivity index (χ4v) is 1.29. The summed E-state index contributed by atoms with van der Waals surface area (Å²) >= 11 is 0. The monoisotopic (exact) mass is 211 g/mol. The smallest absolute Gasteiger partial charge is 0.0688 e. The minimum absolute atomic E-state index is 0.276. The second-order valence-electron chi connectivity index (χ2n) is 4.66. The molecule has 1 heterocycles. The quantitative estimate of drug-likeness (QED) is 0.780. The molecule has 0 aliphatic rings. The minimum Gasteiger partial charge on any atom is -0.392 e. The first-order valence-corrected chi connectivity index (χ1v) is 5.25. The van der Waals surface area contributed by atoms with Crippen LogP contribution in [0, 0.1) is 6.92 Å². The molecule has 0 aliphatic heterocycles. The van der Waals surface area contributed by atoms with Gasteiger partial charge in [-0.3, -0.25) is 4.68 Å². The van der Waals surface area contributed by atoms with Gasteiger partial charge in [-0.1, -0.05) is 0 Å². The van der Waals surface area contributed by atoms with Crippen LogP contribution in [0.1, 0.15) is 32.0 Å². The maximum atomic E-state index is 9.55. The first-order chi connectivity index (χ1) is 6.83. The Morgan fingerprint density at radius 3 is 2.60 bits per heavy atom. The summed E-state index contributed by atoms with van der Waals surface area (Å²) in [4.78, 5) is 0. The predicted molar refractivity (Wildman–Crippen MR) is 60.5 cm³/mol. The molecule has 0 amide bonds. The number of nitrogens with zero attached hydrogens (tertiary/aromatic N) is 2. The number of aliphatic hydroxyl groups excluding tert-OH is 1. The number of aryl methyl sites for hydroxylation is 2. The highest BCUT2D eigenvalue weighted by Crippen LogP contribution is 2.11. The second kappa shape index (κ2) is 4.33. The Hall–Kier alpha value is -0.870. The topological polar surface area (TPSA) is 50.1 Å². The molecule has 1 unspecified atom stereocenters. The highest BCUT2D eigenvalue weighted by molar-refractivity contribution is 5.15. The zero-order valence-electron chi connectivity index (χ0n) is 10.2. The van der Waals surface area contributed by atoms with Gasteiger partial charge in [0, 0.05) is 30.9 Å². The number of aliphatic hydroxyl groups is 1. The molecule has 0 bridgehead atoms. The van der Waals surface area contributed by atoms with Crippen LogP contribution in [-0.4, -0.2) is 26.5 Å². The average Bonchev–Trinajstić information content (AvgIpc) is 2.41. The maximum absolute atomic E-state index is 9.55. The SMILES string of the molecule is Cc1nn(C)cc1CNC(C)(C)C(C)O. The summed E-state index contributed by atoms with van der Waals surface area (Å²) in [5, 5.41) is 17.1. The molecule has 0 aromatic carbocycles. The van der Waals surface area contributed by atoms with Crippen LogP contribution in [0.4, 0.5) is 0 Å². The van der Waals surface area contributed by atoms with Crippen molar-refractivity contribution in [3.05, 3.63) is 17.5 Å². The van der Waals surface area contributed by atoms with E-state index in [1.54, 1.807) is 6.92 Å². The normalized spacial score (nSPS) is 14.3. The van der Waals surface area contributed by atoms with Gasteiger partial charge in [0.25, 0.3) is 0 Å². The summed E-state index contributed by atoms with van der Waals surface area (Å²) in [7, 11) is 1.91. The van der Waals surface area contributed by atoms with Crippen molar-refractivity contribution in [1.82, 2.24) is 15.1 Å². The average molecular weight is 211 g/mol. The van der Waals surface area contributed by atoms with Crippen molar-refractivity contribution in [3.63, 3.8) is 0 Å². The molecule has 86 valence electrons. The Kier molecular flexibility index (Phi) is 3.52. The van der Waals surface area contributed by atoms with Gasteiger partial charge in [-0.05, 0) is 27.7 Å². The van der Waals surface area contributed by atoms with Gasteiger partial charge < -0.3 is 10.4 Å². The molecule has 0 aliphatic carbocycles. The number of aromatic nitrogens is 2. The third kappa shape index (κ3) is 3.04. The summed E-state index contributed by atoms with van der Waals surface area (Å²) < 4.78 is 1.81. The molecule has 4 nitrogen and oxygen atoms in total. The molecule has 0 saturated heterocycles. The van der Waals surface area contributed by atoms with E-state index in [2.05, 4.69) is 10.4 Å². The van der Waals surface area contributed by atoms with Crippen molar-refractivity contribution in [2.45, 2.75) is 45.9 Å². The van der Waals surface area contributed by atoms with Crippen molar-refractivity contribution in [1.29, 1.82) is 0 Å². The van der Waals surface area contributed by atoms with Crippen molar-refractivity contribution < 1.29 is 5.11 Å². The summed E-state index contributed by atoms with van der Waals surface area (Å²) in [5.74, 6) is 0. The molecule has 15 heavy (non-hydrogen) atoms. The predicted octanol–water partition coefficient (Wildman–Crippen LogP) is 0.978. The van der Waals surface area contributed by atoms with Crippen LogP contribution in [-0.2, 0) is 13.6 Å². The molecule has 4 heteroatoms. The summed E-state index contributed by atoms with van der Waals surface area (Å²) in [5.41, 5.74) is 1.93. The van der Waals surface area contributed by atoms with Crippen LogP contribution in [0.25, 0.3) is 0 Å². The Bertz CT molecular complexity index is 329. The molecule has 0 spiro atoms. The van der Waals surface area contributed by atoms with Gasteiger partial charge in [0.15, 0.2) is 0 Å². The zero-order chi connectivity index (χ0) is 11.6. The minimum atomic E-state index is -0.380. The largest absolute Gasteiger partial charge is 0.392 e. The number of nitrogens with one attached hydrogen (secondary N) is 1. The fraction of sp³-hybridized carbons (Fsp3) is 0.727. The second-order valence-corrected chi connectivity index (χ2v) is 4.66. The van der Waals surface area contributed by atoms with E-state index in [-0.39, 0.29) is 11.6 Å². The third-order valence-electron chi connectivity index (χ3n) is 2.89. The van der Waals surface area contributed by atoms with Gasteiger partial charge in [0.05, 0.1) is 11.8 Å². The number of hydrogen-bond donors (Lipinski definition) is 2. The van der Waals surface area contributed by atoms with Gasteiger partial charge in [0.2, 0.25) is 0 Å². The number of rotatable bonds is 4. The molecule has 1 aromatic rings. The van der Waals surface area contributed by atoms with Crippen LogP contribution in [0.3, 0.4) is 0 Å². The Morgan fingerprint density at radius 2 is 2.20 bits per heavy atom. The lowest BCUT2D eigenvalue weighted by Crippen LogP contribution is -2.47. The molecule has 1 aromatic heterocycles. The van der Waals surface area contributed by atoms with Crippen molar-refractivity contribution in [3.8, 4) is 0 Å². The van der Waals surface area contributed by atoms with Crippen molar-refractivity contribution in [2.75, 3.05) is 0 Å². The summed E-state index contributed by atoms with van der Waals surface area (Å²) in [6, 6.07) is 0. The highest BCUT2D eigenvalue weighted by atomic mass is 16.3. The first kappa shape index (κ1) is 12.2. The van der Waals surface area contributed by atoms with E-state index in [9.17, 15) is 5.11 Å². The van der Waals surface area contributed by atoms with E-state index < -0.39 is 0 Å². The van der Waals surface area contributed by atoms with E-state index >= 15 is 0 Å². The Morgan fingerprint density at radius 1 is 1.60 bits per heavy atom. The van der Waals surface area contributed by atoms with E-state index in [1.807, 2.05) is 38.7 Å². The Balaban J connectivity index is 2.61. The summed E-state index contributed by atoms with van der Waals surface area (Å²) in [6.07, 6.45) is 1.62. The van der Waals surface area contributed by atoms with Crippen LogP contribution < -0.4 is 5.32 Å². The van der Waals surface area contributed by atoms with E-state index in [0.717, 1.165) is 12.2 Å². The van der Waals surface area contributed by atoms with Gasteiger partial charge in [0.1, 0.15) is 0 Å². The zero-order valence-corrected chi connectivity index (χ0v) is 10.2. The number of hydrogen-bond acceptors (Lipinski definition) is 3. The maximum Gasteiger partial charge on any atom is 0.0688 e. The van der Waals surface area contributed by atoms with Gasteiger partial charge in [-0.2, -0.15) is 5.10 Å². The Labute approximate surface area is 91.3 Å². The molecule has 1 rings (SSSR count). The van der Waals surface area contributed by atoms with Crippen molar-refractivity contribution >= 4 is 0 Å². The lowest BCUT2D eigenvalue weighted by atomic mass is 9.98. The van der Waals surface area contributed by atoms with Gasteiger partial charge in [-0.15, -0.1) is 0 Å². The highest BCUT2D eigenvalue weighted by Gasteiger charge is 2.23. The molecule has 0 fully saturated rings. The molecule has 2 N–H and O–H groups in total. The van der Waals surface area contributed by atoms with Crippen LogP contribution in [0.15, 0.2) is 6.20 Å². The third-order valence-corrected chi connectivity index (χ3v) is 2.89. The lowest BCUT2D eigenvalue weighted by Gasteiger charge is -2.29. The molecular formula is C11H21N3O. The van der Waals surface area contributed by atoms with Crippen LogP contribution in [0.2, 0.25) is 0 Å². The molecular weight excluding hydrogens is 190 g/mol. The first-order valence-electron chi connectivity index (χ1n) is 5.25. The van der Waals surface area contributed by atoms with Gasteiger partial charge in [-0.25, -0.2) is 0 Å². The van der Waals surface area contributed by atoms with E-state index in [0.29, 0.717) is 0 Å². The van der Waals surface area contributed by atoms with Gasteiger partial charge >= 0.3 is 0 Å². The van der Waals surface area contributed by atoms with Crippen LogP contribution in [0.5, 0.6) is 0 Å². The van der Waals surface area contributed by atoms with E-state index in [1.165, 1.54) is 5.56 Å². The van der Waals surface area contributed by atoms with Crippen molar-refractivity contribution in [2.24, 2.45) is 7.05 Å². The molecule has 0 radical (unpaired) electrons. The molecule has 1 atom stereocenters. The fourth-order valence-electron chi connectivity index (χ4n) is 1.29. The van der Waals surface area contributed by atoms with Crippen LogP contribution >= 0.6 is 0 Å².